The number of nitrogens with one attached hydrogen (secondary N) is 2. The normalized spacial score (nSPS) is 11.4. The predicted molar refractivity (Wildman–Crippen MR) is 98.0 cm³/mol. The smallest absolute Gasteiger partial charge is 0.290 e. The van der Waals surface area contributed by atoms with Gasteiger partial charge in [-0.15, -0.1) is 0 Å². The lowest BCUT2D eigenvalue weighted by Gasteiger charge is -2.10. The van der Waals surface area contributed by atoms with Gasteiger partial charge < -0.3 is 0 Å². The second-order valence-electron chi connectivity index (χ2n) is 5.40. The van der Waals surface area contributed by atoms with Crippen LogP contribution >= 0.6 is 0 Å². The van der Waals surface area contributed by atoms with Crippen molar-refractivity contribution < 1.29 is 9.00 Å². The molecule has 0 radical (unpaired) electrons. The number of para-hydroxylation sites is 1. The molecule has 1 aromatic heterocycles. The Morgan fingerprint density at radius 1 is 1.15 bits per heavy atom. The first kappa shape index (κ1) is 17.4. The van der Waals surface area contributed by atoms with Crippen LogP contribution in [0, 0.1) is 18.3 Å². The zero-order valence-electron chi connectivity index (χ0n) is 13.8. The standard InChI is InChI=1S/C18H15N5O2S/c1-13-7-9-16(10-8-13)26(25)22-18(24)21-17-14(11-19)12-20-23(17)15-5-3-2-4-6-15/h2-10,12H,1H3,(H2,21,22,24). The van der Waals surface area contributed by atoms with E-state index < -0.39 is 17.0 Å². The summed E-state index contributed by atoms with van der Waals surface area (Å²) >= 11 is 0. The van der Waals surface area contributed by atoms with Crippen molar-refractivity contribution in [3.05, 3.63) is 71.9 Å². The minimum absolute atomic E-state index is 0.199. The second kappa shape index (κ2) is 7.63. The molecule has 0 aliphatic rings. The van der Waals surface area contributed by atoms with Gasteiger partial charge in [0.15, 0.2) is 16.8 Å². The van der Waals surface area contributed by atoms with E-state index in [1.54, 1.807) is 24.3 Å². The highest BCUT2D eigenvalue weighted by atomic mass is 32.2. The molecule has 1 atom stereocenters. The fraction of sp³-hybridized carbons (Fsp3) is 0.0556. The molecule has 0 aliphatic heterocycles. The van der Waals surface area contributed by atoms with Crippen molar-refractivity contribution in [1.82, 2.24) is 14.5 Å². The summed E-state index contributed by atoms with van der Waals surface area (Å²) in [5, 5.41) is 15.9. The van der Waals surface area contributed by atoms with Gasteiger partial charge in [-0.2, -0.15) is 10.4 Å². The molecule has 8 heteroatoms. The number of aromatic nitrogens is 2. The van der Waals surface area contributed by atoms with Crippen molar-refractivity contribution in [3.63, 3.8) is 0 Å². The summed E-state index contributed by atoms with van der Waals surface area (Å²) in [4.78, 5) is 12.7. The van der Waals surface area contributed by atoms with E-state index in [1.165, 1.54) is 10.9 Å². The van der Waals surface area contributed by atoms with E-state index in [2.05, 4.69) is 15.1 Å². The molecule has 0 spiro atoms. The maximum Gasteiger partial charge on any atom is 0.332 e. The van der Waals surface area contributed by atoms with Crippen molar-refractivity contribution >= 4 is 22.8 Å². The summed E-state index contributed by atoms with van der Waals surface area (Å²) in [6, 6.07) is 17.3. The maximum absolute atomic E-state index is 12.3. The fourth-order valence-electron chi connectivity index (χ4n) is 2.25. The number of aryl methyl sites for hydroxylation is 1. The van der Waals surface area contributed by atoms with Crippen LogP contribution < -0.4 is 10.0 Å². The summed E-state index contributed by atoms with van der Waals surface area (Å²) < 4.78 is 16.0. The van der Waals surface area contributed by atoms with Gasteiger partial charge in [0.25, 0.3) is 0 Å². The van der Waals surface area contributed by atoms with E-state index in [9.17, 15) is 14.3 Å². The molecule has 0 fully saturated rings. The van der Waals surface area contributed by atoms with Gasteiger partial charge in [-0.25, -0.2) is 13.7 Å². The van der Waals surface area contributed by atoms with Crippen LogP contribution in [0.15, 0.2) is 65.7 Å². The van der Waals surface area contributed by atoms with E-state index in [1.807, 2.05) is 43.3 Å². The first-order valence-electron chi connectivity index (χ1n) is 7.68. The summed E-state index contributed by atoms with van der Waals surface area (Å²) in [6.07, 6.45) is 1.36. The molecule has 1 unspecified atom stereocenters. The molecule has 26 heavy (non-hydrogen) atoms. The lowest BCUT2D eigenvalue weighted by molar-refractivity contribution is 0.256. The zero-order valence-corrected chi connectivity index (χ0v) is 14.7. The molecule has 1 heterocycles. The second-order valence-corrected chi connectivity index (χ2v) is 6.62. The Labute approximate surface area is 152 Å². The Hall–Kier alpha value is -3.44. The number of amides is 2. The number of hydrogen-bond acceptors (Lipinski definition) is 4. The Bertz CT molecular complexity index is 991. The number of nitrogens with zero attached hydrogens (tertiary/aromatic N) is 3. The van der Waals surface area contributed by atoms with Crippen molar-refractivity contribution in [2.45, 2.75) is 11.8 Å². The Morgan fingerprint density at radius 3 is 2.50 bits per heavy atom. The summed E-state index contributed by atoms with van der Waals surface area (Å²) in [6.45, 7) is 1.92. The molecular formula is C18H15N5O2S. The summed E-state index contributed by atoms with van der Waals surface area (Å²) in [5.41, 5.74) is 1.91. The minimum atomic E-state index is -1.72. The summed E-state index contributed by atoms with van der Waals surface area (Å²) in [5.74, 6) is 0.206. The molecule has 0 bridgehead atoms. The third-order valence-corrected chi connectivity index (χ3v) is 4.61. The lowest BCUT2D eigenvalue weighted by atomic mass is 10.2. The van der Waals surface area contributed by atoms with Gasteiger partial charge in [0, 0.05) is 0 Å². The molecule has 0 saturated heterocycles. The van der Waals surface area contributed by atoms with Crippen molar-refractivity contribution in [3.8, 4) is 11.8 Å². The number of rotatable bonds is 4. The van der Waals surface area contributed by atoms with Gasteiger partial charge in [-0.3, -0.25) is 10.0 Å². The number of carbonyl (C=O) groups excluding carboxylic acids is 1. The minimum Gasteiger partial charge on any atom is -0.290 e. The quantitative estimate of drug-likeness (QED) is 0.742. The van der Waals surface area contributed by atoms with Crippen molar-refractivity contribution in [2.24, 2.45) is 0 Å². The number of urea groups is 1. The highest BCUT2D eigenvalue weighted by molar-refractivity contribution is 7.83. The van der Waals surface area contributed by atoms with Crippen LogP contribution in [0.25, 0.3) is 5.69 Å². The topological polar surface area (TPSA) is 99.8 Å². The van der Waals surface area contributed by atoms with Crippen LogP contribution in [-0.2, 0) is 11.0 Å². The molecule has 3 aromatic rings. The van der Waals surface area contributed by atoms with Crippen LogP contribution in [0.5, 0.6) is 0 Å². The number of carbonyl (C=O) groups is 1. The molecule has 2 amide bonds. The number of anilines is 1. The average Bonchev–Trinajstić information content (AvgIpc) is 3.05. The molecule has 3 rings (SSSR count). The van der Waals surface area contributed by atoms with Crippen LogP contribution in [0.1, 0.15) is 11.1 Å². The van der Waals surface area contributed by atoms with Crippen molar-refractivity contribution in [1.29, 1.82) is 5.26 Å². The monoisotopic (exact) mass is 365 g/mol. The van der Waals surface area contributed by atoms with Gasteiger partial charge in [-0.1, -0.05) is 35.9 Å². The highest BCUT2D eigenvalue weighted by Crippen LogP contribution is 2.19. The Balaban J connectivity index is 1.79. The first-order chi connectivity index (χ1) is 12.6. The molecular weight excluding hydrogens is 350 g/mol. The van der Waals surface area contributed by atoms with Gasteiger partial charge >= 0.3 is 6.03 Å². The van der Waals surface area contributed by atoms with Gasteiger partial charge in [0.05, 0.1) is 16.8 Å². The molecule has 0 aliphatic carbocycles. The fourth-order valence-corrected chi connectivity index (χ4v) is 2.97. The van der Waals surface area contributed by atoms with E-state index in [0.717, 1.165) is 5.56 Å². The zero-order chi connectivity index (χ0) is 18.5. The number of nitriles is 1. The van der Waals surface area contributed by atoms with Crippen molar-refractivity contribution in [2.75, 3.05) is 5.32 Å². The highest BCUT2D eigenvalue weighted by Gasteiger charge is 2.16. The molecule has 7 nitrogen and oxygen atoms in total. The van der Waals surface area contributed by atoms with E-state index in [-0.39, 0.29) is 11.4 Å². The lowest BCUT2D eigenvalue weighted by Crippen LogP contribution is -2.31. The van der Waals surface area contributed by atoms with Gasteiger partial charge in [0.1, 0.15) is 11.6 Å². The van der Waals surface area contributed by atoms with Gasteiger partial charge in [0.2, 0.25) is 0 Å². The maximum atomic E-state index is 12.3. The summed E-state index contributed by atoms with van der Waals surface area (Å²) in [7, 11) is -1.72. The van der Waals surface area contributed by atoms with Gasteiger partial charge in [-0.05, 0) is 31.2 Å². The van der Waals surface area contributed by atoms with Crippen LogP contribution in [0.2, 0.25) is 0 Å². The van der Waals surface area contributed by atoms with E-state index >= 15 is 0 Å². The van der Waals surface area contributed by atoms with Crippen LogP contribution in [0.4, 0.5) is 10.6 Å². The molecule has 0 saturated carbocycles. The Morgan fingerprint density at radius 2 is 1.85 bits per heavy atom. The third-order valence-electron chi connectivity index (χ3n) is 3.54. The SMILES string of the molecule is Cc1ccc(S(=O)NC(=O)Nc2c(C#N)cnn2-c2ccccc2)cc1. The first-order valence-corrected chi connectivity index (χ1v) is 8.83. The number of hydrogen-bond donors (Lipinski definition) is 2. The molecule has 2 aromatic carbocycles. The molecule has 2 N–H and O–H groups in total. The Kier molecular flexibility index (Phi) is 5.10. The third kappa shape index (κ3) is 3.79. The van der Waals surface area contributed by atoms with E-state index in [4.69, 9.17) is 0 Å². The van der Waals surface area contributed by atoms with E-state index in [0.29, 0.717) is 10.6 Å². The molecule has 130 valence electrons. The average molecular weight is 365 g/mol. The predicted octanol–water partition coefficient (Wildman–Crippen LogP) is 2.90. The van der Waals surface area contributed by atoms with Crippen LogP contribution in [-0.4, -0.2) is 20.0 Å². The largest absolute Gasteiger partial charge is 0.332 e. The van der Waals surface area contributed by atoms with Crippen LogP contribution in [0.3, 0.4) is 0 Å². The number of benzene rings is 2.